The van der Waals surface area contributed by atoms with Gasteiger partial charge in [-0.3, -0.25) is 14.2 Å². The molecule has 3 aromatic rings. The van der Waals surface area contributed by atoms with Crippen LogP contribution in [0.5, 0.6) is 5.75 Å². The lowest BCUT2D eigenvalue weighted by Gasteiger charge is -2.09. The first-order valence-corrected chi connectivity index (χ1v) is 8.65. The van der Waals surface area contributed by atoms with Gasteiger partial charge in [-0.2, -0.15) is 0 Å². The first-order valence-electron chi connectivity index (χ1n) is 8.27. The van der Waals surface area contributed by atoms with Crippen LogP contribution in [0.15, 0.2) is 49.2 Å². The number of hydrogen-bond donors (Lipinski definition) is 1. The Hall–Kier alpha value is -3.05. The van der Waals surface area contributed by atoms with Crippen molar-refractivity contribution in [3.8, 4) is 5.75 Å². The number of carboxylic acids is 1. The number of hydrogen-bond acceptors (Lipinski definition) is 3. The zero-order valence-corrected chi connectivity index (χ0v) is 15.7. The average molecular weight is 384 g/mol. The number of carbonyl (C=O) groups is 2. The Morgan fingerprint density at radius 3 is 2.48 bits per heavy atom. The molecular formula is C21H18ClNO4. The average Bonchev–Trinajstić information content (AvgIpc) is 2.86. The SMILES string of the molecule is C=COc1cc2c(CC(=O)O)c(C)n(C(=O)c3ccc(C)cc3)c2cc1Cl. The van der Waals surface area contributed by atoms with Gasteiger partial charge >= 0.3 is 5.97 Å². The second kappa shape index (κ2) is 7.29. The van der Waals surface area contributed by atoms with E-state index < -0.39 is 5.97 Å². The number of carbonyl (C=O) groups excluding carboxylic acids is 1. The fourth-order valence-electron chi connectivity index (χ4n) is 3.12. The molecule has 1 aromatic heterocycles. The number of aryl methyl sites for hydroxylation is 1. The summed E-state index contributed by atoms with van der Waals surface area (Å²) in [6, 6.07) is 10.5. The maximum absolute atomic E-state index is 13.1. The van der Waals surface area contributed by atoms with E-state index in [1.165, 1.54) is 10.8 Å². The molecule has 0 unspecified atom stereocenters. The maximum atomic E-state index is 13.1. The van der Waals surface area contributed by atoms with E-state index in [9.17, 15) is 14.7 Å². The molecule has 0 aliphatic carbocycles. The molecule has 0 bridgehead atoms. The van der Waals surface area contributed by atoms with E-state index in [4.69, 9.17) is 16.3 Å². The minimum Gasteiger partial charge on any atom is -0.481 e. The zero-order chi connectivity index (χ0) is 19.7. The van der Waals surface area contributed by atoms with Crippen LogP contribution in [0.4, 0.5) is 0 Å². The van der Waals surface area contributed by atoms with Gasteiger partial charge in [-0.1, -0.05) is 35.9 Å². The normalized spacial score (nSPS) is 10.8. The smallest absolute Gasteiger partial charge is 0.307 e. The van der Waals surface area contributed by atoms with Crippen LogP contribution in [-0.4, -0.2) is 21.6 Å². The number of halogens is 1. The summed E-state index contributed by atoms with van der Waals surface area (Å²) < 4.78 is 6.80. The summed E-state index contributed by atoms with van der Waals surface area (Å²) in [5.74, 6) is -0.880. The number of benzene rings is 2. The molecule has 0 atom stereocenters. The van der Waals surface area contributed by atoms with Gasteiger partial charge in [0.15, 0.2) is 0 Å². The molecule has 0 amide bonds. The van der Waals surface area contributed by atoms with Crippen molar-refractivity contribution in [2.75, 3.05) is 0 Å². The van der Waals surface area contributed by atoms with Crippen molar-refractivity contribution in [1.82, 2.24) is 4.57 Å². The molecule has 27 heavy (non-hydrogen) atoms. The number of nitrogens with zero attached hydrogens (tertiary/aromatic N) is 1. The molecule has 0 aliphatic heterocycles. The molecule has 6 heteroatoms. The lowest BCUT2D eigenvalue weighted by molar-refractivity contribution is -0.136. The number of ether oxygens (including phenoxy) is 1. The van der Waals surface area contributed by atoms with E-state index >= 15 is 0 Å². The molecule has 1 N–H and O–H groups in total. The van der Waals surface area contributed by atoms with Crippen LogP contribution < -0.4 is 4.74 Å². The Bertz CT molecular complexity index is 1060. The largest absolute Gasteiger partial charge is 0.481 e. The summed E-state index contributed by atoms with van der Waals surface area (Å²) in [7, 11) is 0. The molecule has 0 fully saturated rings. The summed E-state index contributed by atoms with van der Waals surface area (Å²) in [5, 5.41) is 10.2. The molecular weight excluding hydrogens is 366 g/mol. The Balaban J connectivity index is 2.28. The summed E-state index contributed by atoms with van der Waals surface area (Å²) in [5.41, 5.74) is 3.19. The van der Waals surface area contributed by atoms with Crippen molar-refractivity contribution in [1.29, 1.82) is 0 Å². The highest BCUT2D eigenvalue weighted by atomic mass is 35.5. The van der Waals surface area contributed by atoms with Crippen molar-refractivity contribution >= 4 is 34.4 Å². The van der Waals surface area contributed by atoms with Crippen molar-refractivity contribution in [2.45, 2.75) is 20.3 Å². The van der Waals surface area contributed by atoms with Crippen LogP contribution in [-0.2, 0) is 11.2 Å². The van der Waals surface area contributed by atoms with Gasteiger partial charge in [0.1, 0.15) is 5.75 Å². The minimum atomic E-state index is -0.985. The number of fused-ring (bicyclic) bond motifs is 1. The molecule has 0 spiro atoms. The van der Waals surface area contributed by atoms with E-state index in [1.807, 2.05) is 19.1 Å². The molecule has 3 rings (SSSR count). The third-order valence-electron chi connectivity index (χ3n) is 4.43. The maximum Gasteiger partial charge on any atom is 0.307 e. The quantitative estimate of drug-likeness (QED) is 0.645. The highest BCUT2D eigenvalue weighted by Gasteiger charge is 2.23. The van der Waals surface area contributed by atoms with Crippen LogP contribution in [0, 0.1) is 13.8 Å². The number of aromatic nitrogens is 1. The van der Waals surface area contributed by atoms with Crippen LogP contribution in [0.25, 0.3) is 10.9 Å². The van der Waals surface area contributed by atoms with Gasteiger partial charge in [-0.25, -0.2) is 0 Å². The van der Waals surface area contributed by atoms with Gasteiger partial charge in [0.25, 0.3) is 5.91 Å². The van der Waals surface area contributed by atoms with E-state index in [-0.39, 0.29) is 12.3 Å². The third-order valence-corrected chi connectivity index (χ3v) is 4.72. The van der Waals surface area contributed by atoms with E-state index in [1.54, 1.807) is 31.2 Å². The minimum absolute atomic E-state index is 0.217. The van der Waals surface area contributed by atoms with E-state index in [0.29, 0.717) is 38.5 Å². The highest BCUT2D eigenvalue weighted by molar-refractivity contribution is 6.33. The topological polar surface area (TPSA) is 68.5 Å². The van der Waals surface area contributed by atoms with Gasteiger partial charge in [-0.15, -0.1) is 0 Å². The molecule has 2 aromatic carbocycles. The van der Waals surface area contributed by atoms with Gasteiger partial charge in [-0.05, 0) is 43.7 Å². The Morgan fingerprint density at radius 1 is 1.22 bits per heavy atom. The predicted octanol–water partition coefficient (Wildman–Crippen LogP) is 4.75. The molecule has 0 aliphatic rings. The number of carboxylic acid groups (broad SMARTS) is 1. The number of aliphatic carboxylic acids is 1. The molecule has 1 heterocycles. The van der Waals surface area contributed by atoms with Crippen LogP contribution >= 0.6 is 11.6 Å². The molecule has 0 saturated carbocycles. The molecule has 5 nitrogen and oxygen atoms in total. The van der Waals surface area contributed by atoms with E-state index in [2.05, 4.69) is 6.58 Å². The molecule has 138 valence electrons. The predicted molar refractivity (Wildman–Crippen MR) is 105 cm³/mol. The summed E-state index contributed by atoms with van der Waals surface area (Å²) in [6.45, 7) is 7.18. The zero-order valence-electron chi connectivity index (χ0n) is 15.0. The molecule has 0 saturated heterocycles. The first-order chi connectivity index (χ1) is 12.8. The van der Waals surface area contributed by atoms with Crippen molar-refractivity contribution in [3.05, 3.63) is 76.6 Å². The van der Waals surface area contributed by atoms with Gasteiger partial charge < -0.3 is 9.84 Å². The van der Waals surface area contributed by atoms with Crippen molar-refractivity contribution in [2.24, 2.45) is 0 Å². The Kier molecular flexibility index (Phi) is 5.06. The van der Waals surface area contributed by atoms with Crippen LogP contribution in [0.1, 0.15) is 27.2 Å². The lowest BCUT2D eigenvalue weighted by Crippen LogP contribution is -2.14. The third kappa shape index (κ3) is 3.46. The van der Waals surface area contributed by atoms with Gasteiger partial charge in [0.05, 0.1) is 23.2 Å². The van der Waals surface area contributed by atoms with Gasteiger partial charge in [0.2, 0.25) is 0 Å². The van der Waals surface area contributed by atoms with Crippen LogP contribution in [0.3, 0.4) is 0 Å². The summed E-state index contributed by atoms with van der Waals surface area (Å²) in [6.07, 6.45) is 1.02. The van der Waals surface area contributed by atoms with Gasteiger partial charge in [0, 0.05) is 16.6 Å². The summed E-state index contributed by atoms with van der Waals surface area (Å²) >= 11 is 6.28. The number of rotatable bonds is 5. The van der Waals surface area contributed by atoms with E-state index in [0.717, 1.165) is 5.56 Å². The second-order valence-electron chi connectivity index (χ2n) is 6.23. The summed E-state index contributed by atoms with van der Waals surface area (Å²) in [4.78, 5) is 24.5. The Morgan fingerprint density at radius 2 is 1.89 bits per heavy atom. The van der Waals surface area contributed by atoms with Crippen molar-refractivity contribution < 1.29 is 19.4 Å². The first kappa shape index (κ1) is 18.7. The second-order valence-corrected chi connectivity index (χ2v) is 6.63. The highest BCUT2D eigenvalue weighted by Crippen LogP contribution is 2.35. The fourth-order valence-corrected chi connectivity index (χ4v) is 3.32. The lowest BCUT2D eigenvalue weighted by atomic mass is 10.1. The Labute approximate surface area is 161 Å². The monoisotopic (exact) mass is 383 g/mol. The molecule has 0 radical (unpaired) electrons. The standard InChI is InChI=1S/C21H18ClNO4/c1-4-27-19-9-16-15(10-20(24)25)13(3)23(18(16)11-17(19)22)21(26)14-7-5-12(2)6-8-14/h4-9,11H,1,10H2,2-3H3,(H,24,25). The van der Waals surface area contributed by atoms with Crippen LogP contribution in [0.2, 0.25) is 5.02 Å². The fraction of sp³-hybridized carbons (Fsp3) is 0.143. The van der Waals surface area contributed by atoms with Crippen molar-refractivity contribution in [3.63, 3.8) is 0 Å².